The Bertz CT molecular complexity index is 568. The quantitative estimate of drug-likeness (QED) is 0.817. The van der Waals surface area contributed by atoms with Crippen LogP contribution >= 0.6 is 0 Å². The lowest BCUT2D eigenvalue weighted by Crippen LogP contribution is -2.36. The van der Waals surface area contributed by atoms with Crippen molar-refractivity contribution in [3.63, 3.8) is 0 Å². The Morgan fingerprint density at radius 2 is 1.81 bits per heavy atom. The van der Waals surface area contributed by atoms with Crippen molar-refractivity contribution >= 4 is 17.5 Å². The smallest absolute Gasteiger partial charge is 0.251 e. The van der Waals surface area contributed by atoms with Crippen LogP contribution in [0.5, 0.6) is 0 Å². The number of likely N-dealkylation sites (N-methyl/N-ethyl adjacent to an activating group) is 1. The van der Waals surface area contributed by atoms with E-state index in [2.05, 4.69) is 10.6 Å². The van der Waals surface area contributed by atoms with Crippen LogP contribution in [0.3, 0.4) is 0 Å². The normalized spacial score (nSPS) is 13.4. The van der Waals surface area contributed by atoms with Crippen LogP contribution in [-0.4, -0.2) is 43.9 Å². The van der Waals surface area contributed by atoms with Gasteiger partial charge in [0.05, 0.1) is 6.42 Å². The summed E-state index contributed by atoms with van der Waals surface area (Å²) in [4.78, 5) is 25.2. The molecule has 0 saturated carbocycles. The first-order chi connectivity index (χ1) is 9.97. The summed E-state index contributed by atoms with van der Waals surface area (Å²) in [6.45, 7) is 3.44. The van der Waals surface area contributed by atoms with Gasteiger partial charge in [0.25, 0.3) is 5.91 Å². The number of amides is 2. The predicted octanol–water partition coefficient (Wildman–Crippen LogP) is 1.18. The zero-order valence-corrected chi connectivity index (χ0v) is 12.7. The molecule has 0 unspecified atom stereocenters. The Hall–Kier alpha value is -2.14. The van der Waals surface area contributed by atoms with E-state index in [0.29, 0.717) is 6.42 Å². The van der Waals surface area contributed by atoms with Crippen molar-refractivity contribution in [1.82, 2.24) is 10.2 Å². The molecule has 0 spiro atoms. The maximum atomic E-state index is 12.0. The second-order valence-corrected chi connectivity index (χ2v) is 5.45. The van der Waals surface area contributed by atoms with E-state index in [4.69, 9.17) is 0 Å². The van der Waals surface area contributed by atoms with Crippen LogP contribution in [-0.2, 0) is 16.0 Å². The van der Waals surface area contributed by atoms with Crippen LogP contribution in [0.15, 0.2) is 35.4 Å². The molecule has 1 aliphatic rings. The van der Waals surface area contributed by atoms with Gasteiger partial charge in [0, 0.05) is 38.4 Å². The number of anilines is 1. The Labute approximate surface area is 125 Å². The number of nitrogens with one attached hydrogen (secondary N) is 2. The summed E-state index contributed by atoms with van der Waals surface area (Å²) in [5.41, 5.74) is 3.61. The van der Waals surface area contributed by atoms with Crippen molar-refractivity contribution in [3.05, 3.63) is 41.0 Å². The van der Waals surface area contributed by atoms with Gasteiger partial charge in [-0.15, -0.1) is 0 Å². The Morgan fingerprint density at radius 1 is 1.19 bits per heavy atom. The Balaban J connectivity index is 1.96. The maximum absolute atomic E-state index is 12.0. The van der Waals surface area contributed by atoms with Crippen LogP contribution in [0.25, 0.3) is 0 Å². The molecule has 1 aromatic rings. The molecule has 2 N–H and O–H groups in total. The number of nitrogens with zero attached hydrogens (tertiary/aromatic N) is 1. The molecule has 1 fully saturated rings. The van der Waals surface area contributed by atoms with Gasteiger partial charge in [0.1, 0.15) is 0 Å². The van der Waals surface area contributed by atoms with E-state index in [0.717, 1.165) is 35.5 Å². The molecule has 112 valence electrons. The number of hydrogen-bond acceptors (Lipinski definition) is 3. The van der Waals surface area contributed by atoms with E-state index < -0.39 is 0 Å². The predicted molar refractivity (Wildman–Crippen MR) is 83.0 cm³/mol. The first-order valence-electron chi connectivity index (χ1n) is 6.97. The van der Waals surface area contributed by atoms with Crippen LogP contribution in [0.2, 0.25) is 0 Å². The highest BCUT2D eigenvalue weighted by Crippen LogP contribution is 2.14. The highest BCUT2D eigenvalue weighted by molar-refractivity contribution is 6.04. The van der Waals surface area contributed by atoms with Gasteiger partial charge >= 0.3 is 0 Å². The van der Waals surface area contributed by atoms with E-state index in [1.807, 2.05) is 31.2 Å². The molecule has 1 saturated heterocycles. The van der Waals surface area contributed by atoms with Gasteiger partial charge in [0.15, 0.2) is 0 Å². The first kappa shape index (κ1) is 15.3. The fourth-order valence-corrected chi connectivity index (χ4v) is 1.94. The minimum Gasteiger partial charge on any atom is -0.349 e. The molecular weight excluding hydrogens is 266 g/mol. The van der Waals surface area contributed by atoms with E-state index in [1.165, 1.54) is 0 Å². The van der Waals surface area contributed by atoms with Crippen molar-refractivity contribution in [2.24, 2.45) is 0 Å². The lowest BCUT2D eigenvalue weighted by atomic mass is 10.0. The van der Waals surface area contributed by atoms with Crippen molar-refractivity contribution in [2.45, 2.75) is 13.3 Å². The van der Waals surface area contributed by atoms with Crippen molar-refractivity contribution in [2.75, 3.05) is 32.5 Å². The van der Waals surface area contributed by atoms with Crippen molar-refractivity contribution < 1.29 is 9.59 Å². The van der Waals surface area contributed by atoms with Gasteiger partial charge in [-0.05, 0) is 30.2 Å². The molecule has 0 radical (unpaired) electrons. The summed E-state index contributed by atoms with van der Waals surface area (Å²) in [5.74, 6) is -0.00605. The van der Waals surface area contributed by atoms with E-state index >= 15 is 0 Å². The average molecular weight is 287 g/mol. The summed E-state index contributed by atoms with van der Waals surface area (Å²) in [7, 11) is 3.48. The Kier molecular flexibility index (Phi) is 4.75. The molecule has 1 aromatic carbocycles. The molecule has 0 atom stereocenters. The summed E-state index contributed by atoms with van der Waals surface area (Å²) in [6, 6.07) is 7.38. The molecule has 0 aliphatic carbocycles. The third-order valence-electron chi connectivity index (χ3n) is 3.61. The SMILES string of the molecule is CC(C(=O)Nc1ccc(CC(=O)N(C)C)cc1)=C1CNC1. The Morgan fingerprint density at radius 3 is 2.29 bits per heavy atom. The lowest BCUT2D eigenvalue weighted by molar-refractivity contribution is -0.128. The van der Waals surface area contributed by atoms with Gasteiger partial charge in [-0.2, -0.15) is 0 Å². The topological polar surface area (TPSA) is 61.4 Å². The zero-order chi connectivity index (χ0) is 15.4. The third-order valence-corrected chi connectivity index (χ3v) is 3.61. The van der Waals surface area contributed by atoms with E-state index in [9.17, 15) is 9.59 Å². The van der Waals surface area contributed by atoms with Gasteiger partial charge < -0.3 is 15.5 Å². The van der Waals surface area contributed by atoms with Crippen LogP contribution < -0.4 is 10.6 Å². The molecule has 0 bridgehead atoms. The molecule has 1 aliphatic heterocycles. The summed E-state index contributed by atoms with van der Waals surface area (Å²) in [6.07, 6.45) is 0.371. The molecule has 21 heavy (non-hydrogen) atoms. The van der Waals surface area contributed by atoms with Crippen molar-refractivity contribution in [1.29, 1.82) is 0 Å². The number of carbonyl (C=O) groups excluding carboxylic acids is 2. The highest BCUT2D eigenvalue weighted by atomic mass is 16.2. The van der Waals surface area contributed by atoms with Crippen molar-refractivity contribution in [3.8, 4) is 0 Å². The minimum atomic E-state index is -0.0661. The molecule has 1 heterocycles. The largest absolute Gasteiger partial charge is 0.349 e. The van der Waals surface area contributed by atoms with Gasteiger partial charge in [-0.1, -0.05) is 12.1 Å². The monoisotopic (exact) mass is 287 g/mol. The molecule has 5 heteroatoms. The van der Waals surface area contributed by atoms with E-state index in [-0.39, 0.29) is 11.8 Å². The fraction of sp³-hybridized carbons (Fsp3) is 0.375. The molecule has 5 nitrogen and oxygen atoms in total. The lowest BCUT2D eigenvalue weighted by Gasteiger charge is -2.21. The summed E-state index contributed by atoms with van der Waals surface area (Å²) >= 11 is 0. The highest BCUT2D eigenvalue weighted by Gasteiger charge is 2.16. The van der Waals surface area contributed by atoms with Gasteiger partial charge in [0.2, 0.25) is 5.91 Å². The summed E-state index contributed by atoms with van der Waals surface area (Å²) < 4.78 is 0. The minimum absolute atomic E-state index is 0.0600. The molecule has 2 amide bonds. The maximum Gasteiger partial charge on any atom is 0.251 e. The number of rotatable bonds is 4. The number of hydrogen-bond donors (Lipinski definition) is 2. The number of benzene rings is 1. The second-order valence-electron chi connectivity index (χ2n) is 5.45. The third kappa shape index (κ3) is 3.92. The second kappa shape index (κ2) is 6.54. The van der Waals surface area contributed by atoms with Gasteiger partial charge in [-0.25, -0.2) is 0 Å². The average Bonchev–Trinajstić information content (AvgIpc) is 2.38. The van der Waals surface area contributed by atoms with Crippen LogP contribution in [0, 0.1) is 0 Å². The van der Waals surface area contributed by atoms with E-state index in [1.54, 1.807) is 19.0 Å². The first-order valence-corrected chi connectivity index (χ1v) is 6.97. The van der Waals surface area contributed by atoms with Crippen LogP contribution in [0.4, 0.5) is 5.69 Å². The summed E-state index contributed by atoms with van der Waals surface area (Å²) in [5, 5.41) is 6.00. The zero-order valence-electron chi connectivity index (χ0n) is 12.7. The molecule has 2 rings (SSSR count). The molecule has 0 aromatic heterocycles. The van der Waals surface area contributed by atoms with Gasteiger partial charge in [-0.3, -0.25) is 9.59 Å². The van der Waals surface area contributed by atoms with Crippen LogP contribution in [0.1, 0.15) is 12.5 Å². The standard InChI is InChI=1S/C16H21N3O2/c1-11(13-9-17-10-13)16(21)18-14-6-4-12(5-7-14)8-15(20)19(2)3/h4-7,17H,8-10H2,1-3H3,(H,18,21). The number of carbonyl (C=O) groups is 2. The molecular formula is C16H21N3O2. The fourth-order valence-electron chi connectivity index (χ4n) is 1.94.